The first-order valence-corrected chi connectivity index (χ1v) is 12.3. The highest BCUT2D eigenvalue weighted by atomic mass is 32.7. The van der Waals surface area contributed by atoms with Crippen LogP contribution in [0.3, 0.4) is 0 Å². The van der Waals surface area contributed by atoms with Gasteiger partial charge in [0, 0.05) is 37.8 Å². The molecule has 1 heterocycles. The van der Waals surface area contributed by atoms with Crippen LogP contribution in [0, 0.1) is 0 Å². The molecule has 0 saturated heterocycles. The molecule has 1 unspecified atom stereocenters. The van der Waals surface area contributed by atoms with E-state index in [1.165, 1.54) is 16.3 Å². The van der Waals surface area contributed by atoms with Crippen LogP contribution in [-0.4, -0.2) is 59.0 Å². The second-order valence-electron chi connectivity index (χ2n) is 6.59. The summed E-state index contributed by atoms with van der Waals surface area (Å²) in [4.78, 5) is 24.8. The van der Waals surface area contributed by atoms with Crippen LogP contribution in [0.25, 0.3) is 10.8 Å². The number of benzene rings is 2. The molecule has 0 aromatic heterocycles. The minimum absolute atomic E-state index is 0.226. The maximum Gasteiger partial charge on any atom is 0.384 e. The molecule has 3 rings (SSSR count). The van der Waals surface area contributed by atoms with Crippen LogP contribution in [0.5, 0.6) is 0 Å². The monoisotopic (exact) mass is 407 g/mol. The van der Waals surface area contributed by atoms with E-state index in [1.807, 2.05) is 0 Å². The molecule has 3 N–H and O–H groups in total. The van der Waals surface area contributed by atoms with Gasteiger partial charge in [-0.05, 0) is 27.7 Å². The van der Waals surface area contributed by atoms with Crippen molar-refractivity contribution in [3.8, 4) is 0 Å². The Morgan fingerprint density at radius 3 is 2.81 bits per heavy atom. The molecule has 0 radical (unpaired) electrons. The molecular weight excluding hydrogens is 381 g/mol. The van der Waals surface area contributed by atoms with Gasteiger partial charge in [0.2, 0.25) is 0 Å². The summed E-state index contributed by atoms with van der Waals surface area (Å²) in [5.74, 6) is 1.75. The molecule has 1 aliphatic heterocycles. The molecule has 2 aromatic carbocycles. The second-order valence-corrected chi connectivity index (χ2v) is 10.4. The average Bonchev–Trinajstić information content (AvgIpc) is 3.11. The van der Waals surface area contributed by atoms with Crippen molar-refractivity contribution in [2.24, 2.45) is 4.99 Å². The fraction of sp³-hybridized carbons (Fsp3) is 0.421. The molecule has 146 valence electrons. The van der Waals surface area contributed by atoms with Crippen LogP contribution in [0.2, 0.25) is 0 Å². The van der Waals surface area contributed by atoms with Crippen molar-refractivity contribution >= 4 is 34.8 Å². The van der Waals surface area contributed by atoms with Gasteiger partial charge in [-0.2, -0.15) is 0 Å². The number of fused-ring (bicyclic) bond motifs is 1. The Hall–Kier alpha value is -1.37. The fourth-order valence-electron chi connectivity index (χ4n) is 3.48. The first-order valence-electron chi connectivity index (χ1n) is 9.13. The van der Waals surface area contributed by atoms with Crippen molar-refractivity contribution in [1.29, 1.82) is 0 Å². The molecule has 2 aromatic rings. The number of nitrogens with one attached hydrogen (secondary N) is 1. The summed E-state index contributed by atoms with van der Waals surface area (Å²) in [6.45, 7) is 2.17. The second kappa shape index (κ2) is 9.22. The molecule has 0 spiro atoms. The fourth-order valence-corrected chi connectivity index (χ4v) is 4.94. The highest BCUT2D eigenvalue weighted by Gasteiger charge is 2.24. The SMILES string of the molecule is CC(C1=NCCN1CCNCCSP(=O)(O)O)c1cccc2ccccc12. The topological polar surface area (TPSA) is 85.2 Å². The molecule has 1 atom stereocenters. The summed E-state index contributed by atoms with van der Waals surface area (Å²) in [7, 11) is 0. The van der Waals surface area contributed by atoms with Crippen LogP contribution >= 0.6 is 18.2 Å². The highest BCUT2D eigenvalue weighted by molar-refractivity contribution is 8.54. The predicted molar refractivity (Wildman–Crippen MR) is 114 cm³/mol. The molecule has 0 amide bonds. The van der Waals surface area contributed by atoms with Gasteiger partial charge < -0.3 is 20.0 Å². The first kappa shape index (κ1) is 20.4. The largest absolute Gasteiger partial charge is 0.384 e. The van der Waals surface area contributed by atoms with Crippen molar-refractivity contribution in [2.75, 3.05) is 38.5 Å². The van der Waals surface area contributed by atoms with E-state index in [-0.39, 0.29) is 5.92 Å². The van der Waals surface area contributed by atoms with Gasteiger partial charge in [-0.1, -0.05) is 49.4 Å². The molecule has 0 aliphatic carbocycles. The van der Waals surface area contributed by atoms with Gasteiger partial charge in [-0.3, -0.25) is 4.99 Å². The van der Waals surface area contributed by atoms with Gasteiger partial charge in [-0.15, -0.1) is 0 Å². The van der Waals surface area contributed by atoms with Gasteiger partial charge in [0.15, 0.2) is 0 Å². The van der Waals surface area contributed by atoms with Crippen molar-refractivity contribution in [3.05, 3.63) is 48.0 Å². The van der Waals surface area contributed by atoms with Crippen molar-refractivity contribution in [3.63, 3.8) is 0 Å². The number of hydrogen-bond donors (Lipinski definition) is 3. The lowest BCUT2D eigenvalue weighted by molar-refractivity contribution is 0.397. The third-order valence-electron chi connectivity index (χ3n) is 4.74. The average molecular weight is 407 g/mol. The van der Waals surface area contributed by atoms with E-state index in [0.717, 1.165) is 32.0 Å². The van der Waals surface area contributed by atoms with E-state index >= 15 is 0 Å². The number of aliphatic imine (C=N–C) groups is 1. The van der Waals surface area contributed by atoms with E-state index < -0.39 is 6.80 Å². The Balaban J connectivity index is 1.57. The maximum atomic E-state index is 10.8. The lowest BCUT2D eigenvalue weighted by atomic mass is 9.93. The Labute approximate surface area is 164 Å². The minimum Gasteiger partial charge on any atom is -0.357 e. The van der Waals surface area contributed by atoms with Crippen LogP contribution in [-0.2, 0) is 4.57 Å². The third kappa shape index (κ3) is 5.56. The van der Waals surface area contributed by atoms with Crippen LogP contribution < -0.4 is 5.32 Å². The van der Waals surface area contributed by atoms with Crippen molar-refractivity contribution < 1.29 is 14.4 Å². The minimum atomic E-state index is -3.97. The Bertz CT molecular complexity index is 850. The standard InChI is InChI=1S/C19H26N3O3PS/c1-15(17-8-4-6-16-5-2-3-7-18(16)17)19-21-10-13-22(19)12-9-20-11-14-27-26(23,24)25/h2-8,15,20H,9-14H2,1H3,(H2,23,24,25). The normalized spacial score (nSPS) is 16.0. The summed E-state index contributed by atoms with van der Waals surface area (Å²) < 4.78 is 10.8. The maximum absolute atomic E-state index is 10.8. The van der Waals surface area contributed by atoms with E-state index in [1.54, 1.807) is 0 Å². The molecular formula is C19H26N3O3PS. The quantitative estimate of drug-likeness (QED) is 0.438. The number of hydrogen-bond acceptors (Lipinski definition) is 5. The van der Waals surface area contributed by atoms with E-state index in [2.05, 4.69) is 59.6 Å². The zero-order chi connectivity index (χ0) is 19.3. The van der Waals surface area contributed by atoms with Crippen LogP contribution in [0.4, 0.5) is 0 Å². The van der Waals surface area contributed by atoms with Gasteiger partial charge in [-0.25, -0.2) is 4.57 Å². The smallest absolute Gasteiger partial charge is 0.357 e. The summed E-state index contributed by atoms with van der Waals surface area (Å²) >= 11 is 0.687. The van der Waals surface area contributed by atoms with Gasteiger partial charge in [0.1, 0.15) is 5.84 Å². The lowest BCUT2D eigenvalue weighted by Crippen LogP contribution is -2.37. The Kier molecular flexibility index (Phi) is 6.95. The van der Waals surface area contributed by atoms with Crippen molar-refractivity contribution in [1.82, 2.24) is 10.2 Å². The molecule has 0 fully saturated rings. The van der Waals surface area contributed by atoms with Crippen LogP contribution in [0.1, 0.15) is 18.4 Å². The number of nitrogens with zero attached hydrogens (tertiary/aromatic N) is 2. The molecule has 0 saturated carbocycles. The molecule has 0 bridgehead atoms. The zero-order valence-corrected chi connectivity index (χ0v) is 17.1. The Morgan fingerprint density at radius 2 is 2.00 bits per heavy atom. The highest BCUT2D eigenvalue weighted by Crippen LogP contribution is 2.49. The van der Waals surface area contributed by atoms with Gasteiger partial charge in [0.25, 0.3) is 0 Å². The number of amidine groups is 1. The summed E-state index contributed by atoms with van der Waals surface area (Å²) in [6.07, 6.45) is 0. The summed E-state index contributed by atoms with van der Waals surface area (Å²) in [6, 6.07) is 14.9. The van der Waals surface area contributed by atoms with Crippen molar-refractivity contribution in [2.45, 2.75) is 12.8 Å². The first-order chi connectivity index (χ1) is 13.0. The molecule has 8 heteroatoms. The third-order valence-corrected chi connectivity index (χ3v) is 7.02. The predicted octanol–water partition coefficient (Wildman–Crippen LogP) is 3.07. The van der Waals surface area contributed by atoms with E-state index in [4.69, 9.17) is 14.8 Å². The zero-order valence-electron chi connectivity index (χ0n) is 15.4. The molecule has 6 nitrogen and oxygen atoms in total. The van der Waals surface area contributed by atoms with E-state index in [0.29, 0.717) is 23.7 Å². The van der Waals surface area contributed by atoms with Crippen LogP contribution in [0.15, 0.2) is 47.5 Å². The lowest BCUT2D eigenvalue weighted by Gasteiger charge is -2.25. The van der Waals surface area contributed by atoms with E-state index in [9.17, 15) is 4.57 Å². The molecule has 1 aliphatic rings. The van der Waals surface area contributed by atoms with Gasteiger partial charge >= 0.3 is 6.80 Å². The van der Waals surface area contributed by atoms with Gasteiger partial charge in [0.05, 0.1) is 6.54 Å². The number of rotatable bonds is 9. The molecule has 27 heavy (non-hydrogen) atoms. The summed E-state index contributed by atoms with van der Waals surface area (Å²) in [5.41, 5.74) is 1.30. The Morgan fingerprint density at radius 1 is 1.22 bits per heavy atom. The summed E-state index contributed by atoms with van der Waals surface area (Å²) in [5, 5.41) is 5.77.